The quantitative estimate of drug-likeness (QED) is 0.119. The molecule has 0 N–H and O–H groups in total. The highest BCUT2D eigenvalue weighted by molar-refractivity contribution is 7.70. The Kier molecular flexibility index (Phi) is 20.0. The molecule has 30 heavy (non-hydrogen) atoms. The van der Waals surface area contributed by atoms with E-state index in [0.717, 1.165) is 50.3 Å². The summed E-state index contributed by atoms with van der Waals surface area (Å²) in [6.07, 6.45) is 22.0. The van der Waals surface area contributed by atoms with Crippen LogP contribution in [0.25, 0.3) is 0 Å². The van der Waals surface area contributed by atoms with Crippen molar-refractivity contribution in [1.82, 2.24) is 0 Å². The van der Waals surface area contributed by atoms with Crippen molar-refractivity contribution in [2.75, 3.05) is 24.6 Å². The number of rotatable bonds is 22. The molecule has 0 fully saturated rings. The van der Waals surface area contributed by atoms with Gasteiger partial charge in [0.15, 0.2) is 0 Å². The summed E-state index contributed by atoms with van der Waals surface area (Å²) in [5.41, 5.74) is 0. The van der Waals surface area contributed by atoms with E-state index in [2.05, 4.69) is 27.7 Å². The van der Waals surface area contributed by atoms with Crippen LogP contribution in [0.5, 0.6) is 0 Å². The van der Waals surface area contributed by atoms with Crippen molar-refractivity contribution in [3.05, 3.63) is 11.6 Å². The fourth-order valence-corrected chi connectivity index (χ4v) is 10.0. The van der Waals surface area contributed by atoms with Gasteiger partial charge in [0.1, 0.15) is 14.3 Å². The molecular formula is C26H54O2P2. The second-order valence-electron chi connectivity index (χ2n) is 9.34. The molecule has 0 aromatic carbocycles. The van der Waals surface area contributed by atoms with E-state index in [1.165, 1.54) is 77.0 Å². The number of hydrogen-bond acceptors (Lipinski definition) is 2. The lowest BCUT2D eigenvalue weighted by Gasteiger charge is -2.18. The summed E-state index contributed by atoms with van der Waals surface area (Å²) >= 11 is 0. The van der Waals surface area contributed by atoms with E-state index in [9.17, 15) is 9.13 Å². The SMILES string of the molecule is CCCCCCP(=O)(/C=C/P(=O)(CCCCCC)CCCCCC)CCCCCC. The second-order valence-corrected chi connectivity index (χ2v) is 15.5. The molecule has 0 unspecified atom stereocenters. The maximum absolute atomic E-state index is 13.7. The molecule has 0 heterocycles. The largest absolute Gasteiger partial charge is 0.319 e. The molecule has 0 aromatic rings. The Morgan fingerprint density at radius 3 is 0.833 bits per heavy atom. The van der Waals surface area contributed by atoms with Crippen LogP contribution < -0.4 is 0 Å². The van der Waals surface area contributed by atoms with E-state index in [1.54, 1.807) is 0 Å². The Labute approximate surface area is 190 Å². The molecule has 180 valence electrons. The lowest BCUT2D eigenvalue weighted by molar-refractivity contribution is 0.569. The highest BCUT2D eigenvalue weighted by Crippen LogP contribution is 2.56. The van der Waals surface area contributed by atoms with Crippen LogP contribution in [0, 0.1) is 0 Å². The molecule has 0 saturated carbocycles. The molecular weight excluding hydrogens is 406 g/mol. The molecule has 0 radical (unpaired) electrons. The van der Waals surface area contributed by atoms with Gasteiger partial charge >= 0.3 is 0 Å². The van der Waals surface area contributed by atoms with E-state index < -0.39 is 14.3 Å². The predicted molar refractivity (Wildman–Crippen MR) is 140 cm³/mol. The summed E-state index contributed by atoms with van der Waals surface area (Å²) in [7, 11) is -4.68. The van der Waals surface area contributed by atoms with Gasteiger partial charge < -0.3 is 9.13 Å². The van der Waals surface area contributed by atoms with E-state index in [1.807, 2.05) is 11.6 Å². The van der Waals surface area contributed by atoms with Crippen molar-refractivity contribution in [3.63, 3.8) is 0 Å². The van der Waals surface area contributed by atoms with Crippen molar-refractivity contribution in [1.29, 1.82) is 0 Å². The highest BCUT2D eigenvalue weighted by Gasteiger charge is 2.22. The van der Waals surface area contributed by atoms with Crippen LogP contribution in [0.2, 0.25) is 0 Å². The molecule has 2 nitrogen and oxygen atoms in total. The van der Waals surface area contributed by atoms with Crippen molar-refractivity contribution in [3.8, 4) is 0 Å². The van der Waals surface area contributed by atoms with Crippen LogP contribution >= 0.6 is 14.3 Å². The van der Waals surface area contributed by atoms with Crippen LogP contribution in [0.1, 0.15) is 130 Å². The van der Waals surface area contributed by atoms with E-state index in [4.69, 9.17) is 0 Å². The summed E-state index contributed by atoms with van der Waals surface area (Å²) < 4.78 is 27.5. The average molecular weight is 461 g/mol. The minimum Gasteiger partial charge on any atom is -0.319 e. The van der Waals surface area contributed by atoms with Crippen molar-refractivity contribution in [2.45, 2.75) is 130 Å². The lowest BCUT2D eigenvalue weighted by Crippen LogP contribution is -1.97. The fourth-order valence-electron chi connectivity index (χ4n) is 3.99. The standard InChI is InChI=1S/C26H54O2P2/c1-5-9-13-17-21-29(27,22-18-14-10-6-2)25-26-30(28,23-19-15-11-7-3)24-20-16-12-8-4/h25-26H,5-24H2,1-4H3/b26-25+. The first-order valence-electron chi connectivity index (χ1n) is 13.3. The molecule has 0 spiro atoms. The van der Waals surface area contributed by atoms with Gasteiger partial charge in [-0.25, -0.2) is 0 Å². The molecule has 0 amide bonds. The Morgan fingerprint density at radius 1 is 0.400 bits per heavy atom. The average Bonchev–Trinajstić information content (AvgIpc) is 2.74. The summed E-state index contributed by atoms with van der Waals surface area (Å²) in [5, 5.41) is 0. The fraction of sp³-hybridized carbons (Fsp3) is 0.923. The van der Waals surface area contributed by atoms with Gasteiger partial charge in [-0.05, 0) is 37.3 Å². The zero-order chi connectivity index (χ0) is 22.6. The van der Waals surface area contributed by atoms with Gasteiger partial charge in [0, 0.05) is 24.6 Å². The third-order valence-corrected chi connectivity index (χ3v) is 12.1. The van der Waals surface area contributed by atoms with Crippen molar-refractivity contribution < 1.29 is 9.13 Å². The first-order valence-corrected chi connectivity index (χ1v) is 17.6. The maximum atomic E-state index is 13.7. The van der Waals surface area contributed by atoms with Crippen LogP contribution in [-0.4, -0.2) is 24.6 Å². The van der Waals surface area contributed by atoms with Crippen molar-refractivity contribution in [2.24, 2.45) is 0 Å². The van der Waals surface area contributed by atoms with Crippen LogP contribution in [0.15, 0.2) is 11.6 Å². The smallest absolute Gasteiger partial charge is 0.108 e. The molecule has 0 aliphatic carbocycles. The summed E-state index contributed by atoms with van der Waals surface area (Å²) in [6, 6.07) is 0. The van der Waals surface area contributed by atoms with E-state index >= 15 is 0 Å². The molecule has 0 saturated heterocycles. The lowest BCUT2D eigenvalue weighted by atomic mass is 10.2. The Bertz CT molecular complexity index is 423. The number of hydrogen-bond donors (Lipinski definition) is 0. The molecule has 0 rings (SSSR count). The predicted octanol–water partition coefficient (Wildman–Crippen LogP) is 10.5. The molecule has 0 aliphatic rings. The monoisotopic (exact) mass is 460 g/mol. The van der Waals surface area contributed by atoms with Crippen LogP contribution in [-0.2, 0) is 9.13 Å². The normalized spacial score (nSPS) is 12.8. The van der Waals surface area contributed by atoms with Gasteiger partial charge in [-0.1, -0.05) is 105 Å². The summed E-state index contributed by atoms with van der Waals surface area (Å²) in [5.74, 6) is 3.98. The van der Waals surface area contributed by atoms with Gasteiger partial charge in [-0.15, -0.1) is 0 Å². The number of unbranched alkanes of at least 4 members (excludes halogenated alkanes) is 12. The first-order chi connectivity index (χ1) is 14.4. The van der Waals surface area contributed by atoms with Gasteiger partial charge in [0.05, 0.1) is 0 Å². The summed E-state index contributed by atoms with van der Waals surface area (Å²) in [6.45, 7) is 8.88. The van der Waals surface area contributed by atoms with Crippen LogP contribution in [0.4, 0.5) is 0 Å². The van der Waals surface area contributed by atoms with Crippen molar-refractivity contribution >= 4 is 14.3 Å². The highest BCUT2D eigenvalue weighted by atomic mass is 31.2. The molecule has 0 atom stereocenters. The Morgan fingerprint density at radius 2 is 0.633 bits per heavy atom. The molecule has 0 bridgehead atoms. The maximum Gasteiger partial charge on any atom is 0.108 e. The van der Waals surface area contributed by atoms with Gasteiger partial charge in [-0.2, -0.15) is 0 Å². The van der Waals surface area contributed by atoms with Gasteiger partial charge in [0.25, 0.3) is 0 Å². The summed E-state index contributed by atoms with van der Waals surface area (Å²) in [4.78, 5) is 0. The Balaban J connectivity index is 5.10. The Hall–Kier alpha value is 0.200. The minimum absolute atomic E-state index is 0.821. The second kappa shape index (κ2) is 19.9. The third-order valence-electron chi connectivity index (χ3n) is 6.17. The molecule has 0 aliphatic heterocycles. The third kappa shape index (κ3) is 16.8. The van der Waals surface area contributed by atoms with Crippen LogP contribution in [0.3, 0.4) is 0 Å². The van der Waals surface area contributed by atoms with E-state index in [0.29, 0.717) is 0 Å². The molecule has 4 heteroatoms. The van der Waals surface area contributed by atoms with Gasteiger partial charge in [-0.3, -0.25) is 0 Å². The minimum atomic E-state index is -2.34. The first kappa shape index (κ1) is 30.2. The molecule has 0 aromatic heterocycles. The van der Waals surface area contributed by atoms with E-state index in [-0.39, 0.29) is 0 Å². The topological polar surface area (TPSA) is 34.1 Å². The zero-order valence-corrected chi connectivity index (χ0v) is 22.8. The zero-order valence-electron chi connectivity index (χ0n) is 21.0. The van der Waals surface area contributed by atoms with Gasteiger partial charge in [0.2, 0.25) is 0 Å².